The normalized spacial score (nSPS) is 44.9. The first-order valence-electron chi connectivity index (χ1n) is 12.2. The van der Waals surface area contributed by atoms with Gasteiger partial charge in [0.05, 0.1) is 18.4 Å². The Bertz CT molecular complexity index is 900. The minimum Gasteiger partial charge on any atom is -0.469 e. The molecule has 0 aromatic carbocycles. The van der Waals surface area contributed by atoms with Crippen molar-refractivity contribution < 1.29 is 23.9 Å². The molecule has 0 amide bonds. The van der Waals surface area contributed by atoms with E-state index in [1.807, 2.05) is 13.0 Å². The molecule has 5 heteroatoms. The Hall–Kier alpha value is -1.78. The second kappa shape index (κ2) is 7.36. The molecule has 7 atom stereocenters. The molecule has 32 heavy (non-hydrogen) atoms. The van der Waals surface area contributed by atoms with Crippen molar-refractivity contribution in [2.24, 2.45) is 45.3 Å². The lowest BCUT2D eigenvalue weighted by Gasteiger charge is -2.68. The van der Waals surface area contributed by atoms with E-state index in [2.05, 4.69) is 20.8 Å². The molecule has 0 bridgehead atoms. The molecule has 4 rings (SSSR count). The van der Waals surface area contributed by atoms with Crippen LogP contribution < -0.4 is 0 Å². The highest BCUT2D eigenvalue weighted by atomic mass is 16.5. The Morgan fingerprint density at radius 2 is 1.75 bits per heavy atom. The quantitative estimate of drug-likeness (QED) is 0.467. The van der Waals surface area contributed by atoms with Crippen molar-refractivity contribution in [3.63, 3.8) is 0 Å². The summed E-state index contributed by atoms with van der Waals surface area (Å²) in [6.07, 6.45) is 8.22. The maximum atomic E-state index is 13.9. The van der Waals surface area contributed by atoms with E-state index in [0.717, 1.165) is 38.4 Å². The van der Waals surface area contributed by atoms with Crippen molar-refractivity contribution in [2.75, 3.05) is 7.11 Å². The number of esters is 1. The number of carbonyl (C=O) groups is 4. The van der Waals surface area contributed by atoms with Crippen LogP contribution >= 0.6 is 0 Å². The Labute approximate surface area is 191 Å². The first kappa shape index (κ1) is 23.4. The molecule has 0 aromatic heterocycles. The number of Topliss-reactive ketones (excluding diaryl/α,β-unsaturated/α-hetero) is 2. The van der Waals surface area contributed by atoms with Gasteiger partial charge in [0.2, 0.25) is 0 Å². The van der Waals surface area contributed by atoms with E-state index >= 15 is 0 Å². The summed E-state index contributed by atoms with van der Waals surface area (Å²) in [5, 5.41) is 0. The van der Waals surface area contributed by atoms with Crippen LogP contribution in [0.4, 0.5) is 0 Å². The minimum atomic E-state index is -0.906. The second-order valence-electron chi connectivity index (χ2n) is 12.1. The third-order valence-electron chi connectivity index (χ3n) is 10.5. The highest BCUT2D eigenvalue weighted by Gasteiger charge is 2.71. The minimum absolute atomic E-state index is 0.0111. The van der Waals surface area contributed by atoms with Gasteiger partial charge in [-0.2, -0.15) is 0 Å². The van der Waals surface area contributed by atoms with Gasteiger partial charge in [0, 0.05) is 17.4 Å². The number of ketones is 2. The summed E-state index contributed by atoms with van der Waals surface area (Å²) in [4.78, 5) is 52.0. The van der Waals surface area contributed by atoms with E-state index < -0.39 is 16.7 Å². The van der Waals surface area contributed by atoms with E-state index in [-0.39, 0.29) is 52.5 Å². The topological polar surface area (TPSA) is 77.5 Å². The van der Waals surface area contributed by atoms with Crippen LogP contribution in [0.3, 0.4) is 0 Å². The zero-order valence-corrected chi connectivity index (χ0v) is 20.5. The van der Waals surface area contributed by atoms with Gasteiger partial charge in [-0.3, -0.25) is 14.4 Å². The Kier molecular flexibility index (Phi) is 5.38. The summed E-state index contributed by atoms with van der Waals surface area (Å²) in [6, 6.07) is 0. The average molecular weight is 443 g/mol. The number of fused-ring (bicyclic) bond motifs is 5. The lowest BCUT2D eigenvalue weighted by atomic mass is 9.34. The lowest BCUT2D eigenvalue weighted by molar-refractivity contribution is -0.217. The number of hydrogen-bond acceptors (Lipinski definition) is 5. The predicted octanol–water partition coefficient (Wildman–Crippen LogP) is 4.72. The first-order valence-corrected chi connectivity index (χ1v) is 12.2. The van der Waals surface area contributed by atoms with Crippen LogP contribution in [-0.4, -0.2) is 30.9 Å². The fourth-order valence-electron chi connectivity index (χ4n) is 9.04. The molecule has 4 aliphatic carbocycles. The van der Waals surface area contributed by atoms with Gasteiger partial charge in [0.15, 0.2) is 5.78 Å². The van der Waals surface area contributed by atoms with Gasteiger partial charge in [-0.1, -0.05) is 40.2 Å². The summed E-state index contributed by atoms with van der Waals surface area (Å²) in [5.41, 5.74) is -1.36. The third-order valence-corrected chi connectivity index (χ3v) is 10.5. The van der Waals surface area contributed by atoms with Crippen molar-refractivity contribution in [2.45, 2.75) is 79.6 Å². The number of allylic oxidation sites excluding steroid dienone is 2. The fourth-order valence-corrected chi connectivity index (χ4v) is 9.04. The monoisotopic (exact) mass is 442 g/mol. The van der Waals surface area contributed by atoms with Gasteiger partial charge < -0.3 is 9.53 Å². The molecular weight excluding hydrogens is 404 g/mol. The van der Waals surface area contributed by atoms with Crippen molar-refractivity contribution in [1.29, 1.82) is 0 Å². The standard InChI is InChI=1S/C27H38O5/c1-16(29)17-8-9-20-25(4)13-10-19-24(2,3)11-7-12-27(19,23(31)32-6)21(25)14-22(30)26(20,5)18(17)15-28/h8,15,18-21H,7,9-14H2,1-6H3/t18-,19-,20-,21-,25-,26+,27+/m0/s1. The van der Waals surface area contributed by atoms with Gasteiger partial charge in [-0.15, -0.1) is 0 Å². The number of ether oxygens (including phenoxy) is 1. The zero-order chi connectivity index (χ0) is 23.7. The number of rotatable bonds is 3. The molecule has 0 heterocycles. The van der Waals surface area contributed by atoms with Crippen LogP contribution in [0.5, 0.6) is 0 Å². The second-order valence-corrected chi connectivity index (χ2v) is 12.1. The molecule has 0 saturated heterocycles. The largest absolute Gasteiger partial charge is 0.469 e. The van der Waals surface area contributed by atoms with Gasteiger partial charge in [0.1, 0.15) is 12.1 Å². The lowest BCUT2D eigenvalue weighted by Crippen LogP contribution is -2.68. The van der Waals surface area contributed by atoms with Crippen LogP contribution in [0.25, 0.3) is 0 Å². The molecule has 0 unspecified atom stereocenters. The van der Waals surface area contributed by atoms with E-state index in [1.165, 1.54) is 14.0 Å². The number of hydrogen-bond donors (Lipinski definition) is 0. The smallest absolute Gasteiger partial charge is 0.312 e. The van der Waals surface area contributed by atoms with Crippen molar-refractivity contribution in [1.82, 2.24) is 0 Å². The summed E-state index contributed by atoms with van der Waals surface area (Å²) in [6.45, 7) is 10.1. The summed E-state index contributed by atoms with van der Waals surface area (Å²) < 4.78 is 5.46. The van der Waals surface area contributed by atoms with Crippen molar-refractivity contribution in [3.05, 3.63) is 11.6 Å². The van der Waals surface area contributed by atoms with Crippen LogP contribution in [0.1, 0.15) is 79.6 Å². The van der Waals surface area contributed by atoms with Crippen molar-refractivity contribution >= 4 is 23.8 Å². The number of methoxy groups -OCH3 is 1. The van der Waals surface area contributed by atoms with E-state index in [9.17, 15) is 19.2 Å². The maximum Gasteiger partial charge on any atom is 0.312 e. The molecule has 3 fully saturated rings. The van der Waals surface area contributed by atoms with E-state index in [1.54, 1.807) is 0 Å². The van der Waals surface area contributed by atoms with Crippen LogP contribution in [0.15, 0.2) is 11.6 Å². The van der Waals surface area contributed by atoms with Gasteiger partial charge >= 0.3 is 5.97 Å². The first-order chi connectivity index (χ1) is 14.9. The Balaban J connectivity index is 1.89. The highest BCUT2D eigenvalue weighted by molar-refractivity contribution is 6.01. The van der Waals surface area contributed by atoms with Crippen molar-refractivity contribution in [3.8, 4) is 0 Å². The molecule has 0 aliphatic heterocycles. The maximum absolute atomic E-state index is 13.9. The van der Waals surface area contributed by atoms with E-state index in [4.69, 9.17) is 4.74 Å². The van der Waals surface area contributed by atoms with Gasteiger partial charge in [0.25, 0.3) is 0 Å². The number of aldehydes is 1. The van der Waals surface area contributed by atoms with E-state index in [0.29, 0.717) is 12.0 Å². The summed E-state index contributed by atoms with van der Waals surface area (Å²) in [5.74, 6) is -0.978. The Morgan fingerprint density at radius 3 is 2.34 bits per heavy atom. The number of carbonyl (C=O) groups excluding carboxylic acids is 4. The molecule has 0 N–H and O–H groups in total. The summed E-state index contributed by atoms with van der Waals surface area (Å²) >= 11 is 0. The Morgan fingerprint density at radius 1 is 1.06 bits per heavy atom. The predicted molar refractivity (Wildman–Crippen MR) is 121 cm³/mol. The van der Waals surface area contributed by atoms with Crippen LogP contribution in [0, 0.1) is 45.3 Å². The molecule has 176 valence electrons. The fraction of sp³-hybridized carbons (Fsp3) is 0.778. The SMILES string of the molecule is COC(=O)[C@]12CCCC(C)(C)[C@@H]1CC[C@@]1(C)[C@@H]3CC=C(C(C)=O)[C@H](C=O)[C@@]3(C)C(=O)C[C@@H]12. The van der Waals surface area contributed by atoms with Gasteiger partial charge in [-0.25, -0.2) is 0 Å². The molecule has 0 aromatic rings. The zero-order valence-electron chi connectivity index (χ0n) is 20.5. The van der Waals surface area contributed by atoms with Crippen LogP contribution in [0.2, 0.25) is 0 Å². The summed E-state index contributed by atoms with van der Waals surface area (Å²) in [7, 11) is 1.47. The average Bonchev–Trinajstić information content (AvgIpc) is 2.73. The molecule has 5 nitrogen and oxygen atoms in total. The van der Waals surface area contributed by atoms with Gasteiger partial charge in [-0.05, 0) is 67.6 Å². The van der Waals surface area contributed by atoms with Crippen LogP contribution in [-0.2, 0) is 23.9 Å². The third kappa shape index (κ3) is 2.75. The molecular formula is C27H38O5. The molecule has 4 aliphatic rings. The molecule has 0 radical (unpaired) electrons. The highest BCUT2D eigenvalue weighted by Crippen LogP contribution is 2.72. The molecule has 0 spiro atoms. The molecule has 3 saturated carbocycles.